The predicted octanol–water partition coefficient (Wildman–Crippen LogP) is 0.944. The van der Waals surface area contributed by atoms with E-state index in [2.05, 4.69) is 6.92 Å². The van der Waals surface area contributed by atoms with E-state index < -0.39 is 5.97 Å². The summed E-state index contributed by atoms with van der Waals surface area (Å²) in [6, 6.07) is 0.219. The number of nitrogens with zero attached hydrogens (tertiary/aromatic N) is 1. The van der Waals surface area contributed by atoms with Crippen molar-refractivity contribution < 1.29 is 9.90 Å². The molecule has 1 aliphatic rings. The summed E-state index contributed by atoms with van der Waals surface area (Å²) in [5.74, 6) is -0.670. The first kappa shape index (κ1) is 8.53. The zero-order valence-corrected chi connectivity index (χ0v) is 7.08. The van der Waals surface area contributed by atoms with Gasteiger partial charge < -0.3 is 5.11 Å². The molecule has 0 radical (unpaired) electrons. The highest BCUT2D eigenvalue weighted by molar-refractivity contribution is 5.73. The van der Waals surface area contributed by atoms with E-state index >= 15 is 0 Å². The van der Waals surface area contributed by atoms with Crippen LogP contribution in [0.25, 0.3) is 0 Å². The smallest absolute Gasteiger partial charge is 0.320 e. The van der Waals surface area contributed by atoms with E-state index in [1.807, 2.05) is 11.8 Å². The molecule has 1 fully saturated rings. The Morgan fingerprint density at radius 3 is 2.64 bits per heavy atom. The van der Waals surface area contributed by atoms with Crippen LogP contribution < -0.4 is 0 Å². The summed E-state index contributed by atoms with van der Waals surface area (Å²) in [5, 5.41) is 8.79. The first-order valence-corrected chi connectivity index (χ1v) is 4.15. The summed E-state index contributed by atoms with van der Waals surface area (Å²) in [5.41, 5.74) is 0. The molecule has 0 aromatic rings. The van der Waals surface area contributed by atoms with Crippen LogP contribution in [0.2, 0.25) is 0 Å². The molecule has 1 heterocycles. The number of aliphatic carboxylic acids is 1. The molecule has 2 atom stereocenters. The molecular formula is C8H15NO2. The molecule has 0 aliphatic carbocycles. The van der Waals surface area contributed by atoms with Gasteiger partial charge in [-0.15, -0.1) is 0 Å². The predicted molar refractivity (Wildman–Crippen MR) is 42.5 cm³/mol. The zero-order valence-electron chi connectivity index (χ0n) is 7.08. The second kappa shape index (κ2) is 3.22. The van der Waals surface area contributed by atoms with E-state index in [0.717, 1.165) is 19.4 Å². The second-order valence-corrected chi connectivity index (χ2v) is 3.11. The van der Waals surface area contributed by atoms with Crippen LogP contribution in [0, 0.1) is 0 Å². The Kier molecular flexibility index (Phi) is 2.49. The SMILES string of the molecule is CCN1C(C)CCC1C(=O)O. The van der Waals surface area contributed by atoms with Crippen LogP contribution in [0.5, 0.6) is 0 Å². The standard InChI is InChI=1S/C8H15NO2/c1-3-9-6(2)4-5-7(9)8(10)11/h6-7H,3-5H2,1-2H3,(H,10,11). The van der Waals surface area contributed by atoms with Gasteiger partial charge >= 0.3 is 5.97 Å². The van der Waals surface area contributed by atoms with Crippen LogP contribution in [0.15, 0.2) is 0 Å². The summed E-state index contributed by atoms with van der Waals surface area (Å²) >= 11 is 0. The van der Waals surface area contributed by atoms with E-state index in [0.29, 0.717) is 6.04 Å². The van der Waals surface area contributed by atoms with Crippen LogP contribution >= 0.6 is 0 Å². The zero-order chi connectivity index (χ0) is 8.43. The number of likely N-dealkylation sites (tertiary alicyclic amines) is 1. The van der Waals surface area contributed by atoms with Crippen molar-refractivity contribution in [2.24, 2.45) is 0 Å². The van der Waals surface area contributed by atoms with Gasteiger partial charge in [0.1, 0.15) is 6.04 Å². The van der Waals surface area contributed by atoms with Crippen molar-refractivity contribution in [1.82, 2.24) is 4.90 Å². The van der Waals surface area contributed by atoms with Crippen molar-refractivity contribution >= 4 is 5.97 Å². The van der Waals surface area contributed by atoms with Crippen molar-refractivity contribution in [3.05, 3.63) is 0 Å². The van der Waals surface area contributed by atoms with Crippen LogP contribution in [0.4, 0.5) is 0 Å². The third-order valence-electron chi connectivity index (χ3n) is 2.47. The number of hydrogen-bond acceptors (Lipinski definition) is 2. The number of likely N-dealkylation sites (N-methyl/N-ethyl adjacent to an activating group) is 1. The fraction of sp³-hybridized carbons (Fsp3) is 0.875. The van der Waals surface area contributed by atoms with Crippen molar-refractivity contribution in [3.63, 3.8) is 0 Å². The maximum Gasteiger partial charge on any atom is 0.320 e. The molecule has 3 heteroatoms. The van der Waals surface area contributed by atoms with E-state index in [-0.39, 0.29) is 6.04 Å². The lowest BCUT2D eigenvalue weighted by Gasteiger charge is -2.23. The first-order valence-electron chi connectivity index (χ1n) is 4.15. The van der Waals surface area contributed by atoms with Gasteiger partial charge in [-0.1, -0.05) is 6.92 Å². The number of carboxylic acids is 1. The Bertz CT molecular complexity index is 158. The molecule has 1 saturated heterocycles. The van der Waals surface area contributed by atoms with Crippen molar-refractivity contribution in [3.8, 4) is 0 Å². The number of carboxylic acid groups (broad SMARTS) is 1. The Labute approximate surface area is 67.0 Å². The van der Waals surface area contributed by atoms with Gasteiger partial charge in [-0.2, -0.15) is 0 Å². The third-order valence-corrected chi connectivity index (χ3v) is 2.47. The second-order valence-electron chi connectivity index (χ2n) is 3.11. The summed E-state index contributed by atoms with van der Waals surface area (Å²) in [7, 11) is 0. The van der Waals surface area contributed by atoms with E-state index in [9.17, 15) is 4.79 Å². The maximum atomic E-state index is 10.7. The molecule has 64 valence electrons. The molecule has 3 nitrogen and oxygen atoms in total. The molecule has 11 heavy (non-hydrogen) atoms. The summed E-state index contributed by atoms with van der Waals surface area (Å²) in [4.78, 5) is 12.7. The fourth-order valence-electron chi connectivity index (χ4n) is 1.84. The molecule has 0 spiro atoms. The molecule has 0 bridgehead atoms. The van der Waals surface area contributed by atoms with Gasteiger partial charge in [-0.25, -0.2) is 0 Å². The minimum atomic E-state index is -0.670. The average molecular weight is 157 g/mol. The highest BCUT2D eigenvalue weighted by Crippen LogP contribution is 2.22. The van der Waals surface area contributed by atoms with Crippen LogP contribution in [-0.2, 0) is 4.79 Å². The molecule has 1 aliphatic heterocycles. The highest BCUT2D eigenvalue weighted by atomic mass is 16.4. The van der Waals surface area contributed by atoms with Crippen molar-refractivity contribution in [2.75, 3.05) is 6.54 Å². The summed E-state index contributed by atoms with van der Waals surface area (Å²) < 4.78 is 0. The topological polar surface area (TPSA) is 40.5 Å². The Balaban J connectivity index is 2.61. The Morgan fingerprint density at radius 1 is 1.64 bits per heavy atom. The van der Waals surface area contributed by atoms with Gasteiger partial charge in [-0.05, 0) is 26.3 Å². The summed E-state index contributed by atoms with van der Waals surface area (Å²) in [6.45, 7) is 4.95. The number of rotatable bonds is 2. The van der Waals surface area contributed by atoms with Crippen LogP contribution in [0.1, 0.15) is 26.7 Å². The number of carbonyl (C=O) groups is 1. The third kappa shape index (κ3) is 1.53. The average Bonchev–Trinajstić information content (AvgIpc) is 2.30. The largest absolute Gasteiger partial charge is 0.480 e. The quantitative estimate of drug-likeness (QED) is 0.648. The highest BCUT2D eigenvalue weighted by Gasteiger charge is 2.33. The van der Waals surface area contributed by atoms with Crippen molar-refractivity contribution in [2.45, 2.75) is 38.8 Å². The maximum absolute atomic E-state index is 10.7. The van der Waals surface area contributed by atoms with Crippen LogP contribution in [0.3, 0.4) is 0 Å². The molecular weight excluding hydrogens is 142 g/mol. The Hall–Kier alpha value is -0.570. The van der Waals surface area contributed by atoms with Gasteiger partial charge in [-0.3, -0.25) is 9.69 Å². The van der Waals surface area contributed by atoms with E-state index in [4.69, 9.17) is 5.11 Å². The lowest BCUT2D eigenvalue weighted by molar-refractivity contribution is -0.142. The molecule has 2 unspecified atom stereocenters. The molecule has 0 saturated carbocycles. The van der Waals surface area contributed by atoms with Crippen LogP contribution in [-0.4, -0.2) is 34.6 Å². The number of hydrogen-bond donors (Lipinski definition) is 1. The molecule has 1 N–H and O–H groups in total. The van der Waals surface area contributed by atoms with E-state index in [1.165, 1.54) is 0 Å². The minimum absolute atomic E-state index is 0.227. The first-order chi connectivity index (χ1) is 5.16. The summed E-state index contributed by atoms with van der Waals surface area (Å²) in [6.07, 6.45) is 1.83. The molecule has 0 aromatic carbocycles. The lowest BCUT2D eigenvalue weighted by Crippen LogP contribution is -2.39. The lowest BCUT2D eigenvalue weighted by atomic mass is 10.2. The molecule has 0 amide bonds. The minimum Gasteiger partial charge on any atom is -0.480 e. The van der Waals surface area contributed by atoms with Gasteiger partial charge in [0.25, 0.3) is 0 Å². The fourth-order valence-corrected chi connectivity index (χ4v) is 1.84. The van der Waals surface area contributed by atoms with E-state index in [1.54, 1.807) is 0 Å². The Morgan fingerprint density at radius 2 is 2.27 bits per heavy atom. The normalized spacial score (nSPS) is 32.5. The van der Waals surface area contributed by atoms with Gasteiger partial charge in [0, 0.05) is 6.04 Å². The van der Waals surface area contributed by atoms with Gasteiger partial charge in [0.05, 0.1) is 0 Å². The molecule has 0 aromatic heterocycles. The van der Waals surface area contributed by atoms with Gasteiger partial charge in [0.15, 0.2) is 0 Å². The molecule has 1 rings (SSSR count). The van der Waals surface area contributed by atoms with Crippen molar-refractivity contribution in [1.29, 1.82) is 0 Å². The van der Waals surface area contributed by atoms with Gasteiger partial charge in [0.2, 0.25) is 0 Å². The monoisotopic (exact) mass is 157 g/mol.